The molecule has 0 aliphatic rings. The summed E-state index contributed by atoms with van der Waals surface area (Å²) >= 11 is 0. The van der Waals surface area contributed by atoms with E-state index in [0.29, 0.717) is 32.4 Å². The molecule has 0 aromatic heterocycles. The van der Waals surface area contributed by atoms with Crippen molar-refractivity contribution in [3.63, 3.8) is 0 Å². The molecule has 0 bridgehead atoms. The zero-order valence-corrected chi connectivity index (χ0v) is 13.0. The number of carbonyl (C=O) groups excluding carboxylic acids is 2. The van der Waals surface area contributed by atoms with Crippen LogP contribution in [0.4, 0.5) is 13.2 Å². The van der Waals surface area contributed by atoms with Crippen molar-refractivity contribution in [3.05, 3.63) is 0 Å². The van der Waals surface area contributed by atoms with E-state index in [9.17, 15) is 22.8 Å². The highest BCUT2D eigenvalue weighted by molar-refractivity contribution is 5.81. The van der Waals surface area contributed by atoms with Crippen molar-refractivity contribution in [1.29, 1.82) is 0 Å². The Balaban J connectivity index is 0. The molecule has 0 saturated heterocycles. The molecule has 12 heteroatoms. The van der Waals surface area contributed by atoms with E-state index in [4.69, 9.17) is 32.8 Å². The first-order chi connectivity index (χ1) is 10.9. The molecule has 10 N–H and O–H groups in total. The molecule has 0 rings (SSSR count). The van der Waals surface area contributed by atoms with Crippen molar-refractivity contribution in [2.75, 3.05) is 13.1 Å². The van der Waals surface area contributed by atoms with Crippen LogP contribution in [-0.4, -0.2) is 54.2 Å². The second-order valence-corrected chi connectivity index (χ2v) is 4.78. The molecule has 0 spiro atoms. The maximum absolute atomic E-state index is 11.4. The Kier molecular flexibility index (Phi) is 12.7. The lowest BCUT2D eigenvalue weighted by Crippen LogP contribution is -2.42. The Morgan fingerprint density at radius 2 is 1.50 bits per heavy atom. The fourth-order valence-corrected chi connectivity index (χ4v) is 1.28. The first kappa shape index (κ1) is 24.3. The van der Waals surface area contributed by atoms with E-state index >= 15 is 0 Å². The van der Waals surface area contributed by atoms with Gasteiger partial charge >= 0.3 is 12.1 Å². The summed E-state index contributed by atoms with van der Waals surface area (Å²) in [4.78, 5) is 31.0. The van der Waals surface area contributed by atoms with Gasteiger partial charge in [-0.2, -0.15) is 13.2 Å². The number of nitrogens with two attached hydrogens (primary N) is 4. The van der Waals surface area contributed by atoms with E-state index in [-0.39, 0.29) is 5.91 Å². The van der Waals surface area contributed by atoms with Crippen LogP contribution in [0.3, 0.4) is 0 Å². The molecular formula is C12H24F3N5O4. The smallest absolute Gasteiger partial charge is 0.475 e. The Morgan fingerprint density at radius 3 is 1.88 bits per heavy atom. The van der Waals surface area contributed by atoms with E-state index in [1.165, 1.54) is 0 Å². The SMILES string of the molecule is NCCC[C@H](N)C(=O)NCCC[C@H](N)C(N)=O.O=C(O)C(F)(F)F. The second-order valence-electron chi connectivity index (χ2n) is 4.78. The number of amides is 2. The first-order valence-electron chi connectivity index (χ1n) is 7.01. The molecule has 2 amide bonds. The molecule has 0 aliphatic carbocycles. The first-order valence-corrected chi connectivity index (χ1v) is 7.01. The molecule has 2 atom stereocenters. The van der Waals surface area contributed by atoms with Crippen LogP contribution in [0.1, 0.15) is 25.7 Å². The molecule has 0 aliphatic heterocycles. The third-order valence-corrected chi connectivity index (χ3v) is 2.66. The Morgan fingerprint density at radius 1 is 1.04 bits per heavy atom. The lowest BCUT2D eigenvalue weighted by atomic mass is 10.1. The van der Waals surface area contributed by atoms with Gasteiger partial charge in [-0.3, -0.25) is 9.59 Å². The van der Waals surface area contributed by atoms with Crippen molar-refractivity contribution >= 4 is 17.8 Å². The topological polar surface area (TPSA) is 188 Å². The van der Waals surface area contributed by atoms with E-state index in [0.717, 1.165) is 6.42 Å². The number of carboxylic acid groups (broad SMARTS) is 1. The molecule has 0 radical (unpaired) electrons. The van der Waals surface area contributed by atoms with Gasteiger partial charge in [0.2, 0.25) is 11.8 Å². The van der Waals surface area contributed by atoms with E-state index in [2.05, 4.69) is 5.32 Å². The highest BCUT2D eigenvalue weighted by Crippen LogP contribution is 2.13. The van der Waals surface area contributed by atoms with Crippen LogP contribution in [0.2, 0.25) is 0 Å². The molecule has 0 heterocycles. The number of carboxylic acids is 1. The van der Waals surface area contributed by atoms with Crippen molar-refractivity contribution in [1.82, 2.24) is 5.32 Å². The largest absolute Gasteiger partial charge is 0.490 e. The van der Waals surface area contributed by atoms with Crippen molar-refractivity contribution in [3.8, 4) is 0 Å². The number of hydrogen-bond donors (Lipinski definition) is 6. The normalized spacial score (nSPS) is 13.2. The molecule has 0 fully saturated rings. The molecule has 0 aromatic rings. The van der Waals surface area contributed by atoms with E-state index < -0.39 is 30.1 Å². The lowest BCUT2D eigenvalue weighted by Gasteiger charge is -2.12. The van der Waals surface area contributed by atoms with Crippen LogP contribution in [0, 0.1) is 0 Å². The van der Waals surface area contributed by atoms with Crippen molar-refractivity contribution in [2.45, 2.75) is 43.9 Å². The van der Waals surface area contributed by atoms with Gasteiger partial charge in [0.25, 0.3) is 0 Å². The van der Waals surface area contributed by atoms with Crippen LogP contribution in [0.15, 0.2) is 0 Å². The van der Waals surface area contributed by atoms with Crippen molar-refractivity contribution in [2.24, 2.45) is 22.9 Å². The number of alkyl halides is 3. The number of aliphatic carboxylic acids is 1. The van der Waals surface area contributed by atoms with Gasteiger partial charge in [-0.25, -0.2) is 4.79 Å². The summed E-state index contributed by atoms with van der Waals surface area (Å²) in [5.74, 6) is -3.49. The minimum absolute atomic E-state index is 0.203. The predicted octanol–water partition coefficient (Wildman–Crippen LogP) is -1.61. The van der Waals surface area contributed by atoms with Gasteiger partial charge < -0.3 is 33.4 Å². The fraction of sp³-hybridized carbons (Fsp3) is 0.750. The minimum Gasteiger partial charge on any atom is -0.475 e. The van der Waals surface area contributed by atoms with Gasteiger partial charge in [0, 0.05) is 6.54 Å². The van der Waals surface area contributed by atoms with Crippen molar-refractivity contribution < 1.29 is 32.7 Å². The summed E-state index contributed by atoms with van der Waals surface area (Å²) in [6.45, 7) is 0.963. The zero-order valence-electron chi connectivity index (χ0n) is 13.0. The molecule has 0 aromatic carbocycles. The summed E-state index contributed by atoms with van der Waals surface area (Å²) in [5.41, 5.74) is 21.4. The highest BCUT2D eigenvalue weighted by atomic mass is 19.4. The predicted molar refractivity (Wildman–Crippen MR) is 79.4 cm³/mol. The van der Waals surface area contributed by atoms with Gasteiger partial charge in [0.1, 0.15) is 0 Å². The Bertz CT molecular complexity index is 407. The molecule has 0 saturated carbocycles. The molecule has 24 heavy (non-hydrogen) atoms. The van der Waals surface area contributed by atoms with Gasteiger partial charge in [-0.1, -0.05) is 0 Å². The summed E-state index contributed by atoms with van der Waals surface area (Å²) in [6, 6.07) is -1.18. The van der Waals surface area contributed by atoms with Crippen LogP contribution in [0.25, 0.3) is 0 Å². The maximum Gasteiger partial charge on any atom is 0.490 e. The minimum atomic E-state index is -5.08. The van der Waals surface area contributed by atoms with Gasteiger partial charge in [0.05, 0.1) is 12.1 Å². The standard InChI is InChI=1S/C10H23N5O2.C2HF3O2/c11-5-1-3-8(13)10(17)15-6-2-4-7(12)9(14)16;3-2(4,5)1(6)7/h7-8H,1-6,11-13H2,(H2,14,16)(H,15,17);(H,6,7)/t7-,8-;/m0./s1. The van der Waals surface area contributed by atoms with Gasteiger partial charge in [-0.05, 0) is 32.2 Å². The number of primary amides is 1. The molecule has 142 valence electrons. The van der Waals surface area contributed by atoms with Gasteiger partial charge in [-0.15, -0.1) is 0 Å². The number of halogens is 3. The van der Waals surface area contributed by atoms with Crippen LogP contribution in [0.5, 0.6) is 0 Å². The summed E-state index contributed by atoms with van der Waals surface area (Å²) < 4.78 is 31.7. The van der Waals surface area contributed by atoms with E-state index in [1.807, 2.05) is 0 Å². The number of carbonyl (C=O) groups is 3. The lowest BCUT2D eigenvalue weighted by molar-refractivity contribution is -0.192. The molecule has 0 unspecified atom stereocenters. The second kappa shape index (κ2) is 12.5. The average molecular weight is 359 g/mol. The summed E-state index contributed by atoms with van der Waals surface area (Å²) in [5, 5.41) is 9.80. The number of nitrogens with one attached hydrogen (secondary N) is 1. The summed E-state index contributed by atoms with van der Waals surface area (Å²) in [7, 11) is 0. The zero-order chi connectivity index (χ0) is 19.3. The van der Waals surface area contributed by atoms with Crippen LogP contribution < -0.4 is 28.3 Å². The monoisotopic (exact) mass is 359 g/mol. The van der Waals surface area contributed by atoms with E-state index in [1.54, 1.807) is 0 Å². The quantitative estimate of drug-likeness (QED) is 0.267. The van der Waals surface area contributed by atoms with Crippen LogP contribution in [-0.2, 0) is 14.4 Å². The number of hydrogen-bond acceptors (Lipinski definition) is 6. The fourth-order valence-electron chi connectivity index (χ4n) is 1.28. The molecule has 9 nitrogen and oxygen atoms in total. The maximum atomic E-state index is 11.4. The number of rotatable bonds is 9. The summed E-state index contributed by atoms with van der Waals surface area (Å²) in [6.07, 6.45) is -2.74. The third-order valence-electron chi connectivity index (χ3n) is 2.66. The highest BCUT2D eigenvalue weighted by Gasteiger charge is 2.38. The Labute approximate surface area is 136 Å². The van der Waals surface area contributed by atoms with Gasteiger partial charge in [0.15, 0.2) is 0 Å². The Hall–Kier alpha value is -1.92. The molecular weight excluding hydrogens is 335 g/mol. The third kappa shape index (κ3) is 13.7. The van der Waals surface area contributed by atoms with Crippen LogP contribution >= 0.6 is 0 Å². The average Bonchev–Trinajstić information content (AvgIpc) is 2.47.